The first-order chi connectivity index (χ1) is 10.1. The SMILES string of the molecule is COc1ccc(-n2c(N)nc3cc(Cl)ccc32)c(OC)c1. The molecule has 0 aliphatic heterocycles. The molecule has 0 fully saturated rings. The minimum absolute atomic E-state index is 0.371. The van der Waals surface area contributed by atoms with Crippen molar-refractivity contribution in [3.63, 3.8) is 0 Å². The highest BCUT2D eigenvalue weighted by Crippen LogP contribution is 2.33. The topological polar surface area (TPSA) is 62.3 Å². The van der Waals surface area contributed by atoms with Gasteiger partial charge < -0.3 is 15.2 Å². The summed E-state index contributed by atoms with van der Waals surface area (Å²) in [5.41, 5.74) is 8.44. The van der Waals surface area contributed by atoms with Gasteiger partial charge in [0.05, 0.1) is 30.9 Å². The molecule has 1 aromatic heterocycles. The first-order valence-corrected chi connectivity index (χ1v) is 6.67. The number of rotatable bonds is 3. The molecule has 6 heteroatoms. The van der Waals surface area contributed by atoms with E-state index < -0.39 is 0 Å². The van der Waals surface area contributed by atoms with Crippen LogP contribution in [0.15, 0.2) is 36.4 Å². The van der Waals surface area contributed by atoms with Crippen molar-refractivity contribution in [3.05, 3.63) is 41.4 Å². The molecule has 0 spiro atoms. The van der Waals surface area contributed by atoms with Gasteiger partial charge in [-0.1, -0.05) is 11.6 Å². The van der Waals surface area contributed by atoms with Gasteiger partial charge in [-0.2, -0.15) is 0 Å². The van der Waals surface area contributed by atoms with Gasteiger partial charge in [0.2, 0.25) is 5.95 Å². The smallest absolute Gasteiger partial charge is 0.206 e. The normalized spacial score (nSPS) is 10.8. The molecule has 0 atom stereocenters. The minimum atomic E-state index is 0.371. The number of hydrogen-bond donors (Lipinski definition) is 1. The third kappa shape index (κ3) is 2.25. The van der Waals surface area contributed by atoms with Crippen LogP contribution in [0.25, 0.3) is 16.7 Å². The van der Waals surface area contributed by atoms with Crippen molar-refractivity contribution in [2.45, 2.75) is 0 Å². The molecule has 0 saturated heterocycles. The Morgan fingerprint density at radius 1 is 1.10 bits per heavy atom. The minimum Gasteiger partial charge on any atom is -0.497 e. The van der Waals surface area contributed by atoms with E-state index in [1.807, 2.05) is 22.8 Å². The molecule has 0 unspecified atom stereocenters. The summed E-state index contributed by atoms with van der Waals surface area (Å²) in [7, 11) is 3.21. The number of halogens is 1. The van der Waals surface area contributed by atoms with Crippen LogP contribution in [0.1, 0.15) is 0 Å². The van der Waals surface area contributed by atoms with Crippen LogP contribution in [-0.2, 0) is 0 Å². The lowest BCUT2D eigenvalue weighted by molar-refractivity contribution is 0.393. The molecule has 0 amide bonds. The largest absolute Gasteiger partial charge is 0.497 e. The highest BCUT2D eigenvalue weighted by atomic mass is 35.5. The highest BCUT2D eigenvalue weighted by Gasteiger charge is 2.14. The number of aromatic nitrogens is 2. The van der Waals surface area contributed by atoms with Crippen molar-refractivity contribution in [1.82, 2.24) is 9.55 Å². The Kier molecular flexibility index (Phi) is 3.35. The number of nitrogen functional groups attached to an aromatic ring is 1. The van der Waals surface area contributed by atoms with Gasteiger partial charge in [-0.15, -0.1) is 0 Å². The molecule has 3 rings (SSSR count). The average Bonchev–Trinajstić information content (AvgIpc) is 2.81. The fourth-order valence-corrected chi connectivity index (χ4v) is 2.46. The van der Waals surface area contributed by atoms with E-state index in [2.05, 4.69) is 4.98 Å². The van der Waals surface area contributed by atoms with Crippen molar-refractivity contribution in [2.75, 3.05) is 20.0 Å². The standard InChI is InChI=1S/C15H14ClN3O2/c1-20-10-4-6-13(14(8-10)21-2)19-12-5-3-9(16)7-11(12)18-15(19)17/h3-8H,1-2H3,(H2,17,18). The molecule has 108 valence electrons. The van der Waals surface area contributed by atoms with Gasteiger partial charge in [0.25, 0.3) is 0 Å². The van der Waals surface area contributed by atoms with E-state index in [0.717, 1.165) is 16.7 Å². The molecule has 0 saturated carbocycles. The first kappa shape index (κ1) is 13.6. The maximum absolute atomic E-state index is 6.05. The van der Waals surface area contributed by atoms with E-state index >= 15 is 0 Å². The molecule has 2 N–H and O–H groups in total. The molecular weight excluding hydrogens is 290 g/mol. The molecule has 3 aromatic rings. The number of fused-ring (bicyclic) bond motifs is 1. The second-order valence-electron chi connectivity index (χ2n) is 4.48. The molecule has 2 aromatic carbocycles. The fraction of sp³-hybridized carbons (Fsp3) is 0.133. The van der Waals surface area contributed by atoms with Crippen LogP contribution in [0.3, 0.4) is 0 Å². The van der Waals surface area contributed by atoms with Crippen LogP contribution in [0, 0.1) is 0 Å². The molecule has 5 nitrogen and oxygen atoms in total. The third-order valence-electron chi connectivity index (χ3n) is 3.27. The van der Waals surface area contributed by atoms with E-state index in [1.54, 1.807) is 32.4 Å². The summed E-state index contributed by atoms with van der Waals surface area (Å²) >= 11 is 5.99. The lowest BCUT2D eigenvalue weighted by atomic mass is 10.2. The number of imidazole rings is 1. The number of anilines is 1. The number of ether oxygens (including phenoxy) is 2. The Balaban J connectivity index is 2.27. The van der Waals surface area contributed by atoms with Crippen LogP contribution < -0.4 is 15.2 Å². The number of hydrogen-bond acceptors (Lipinski definition) is 4. The predicted octanol–water partition coefficient (Wildman–Crippen LogP) is 3.28. The maximum Gasteiger partial charge on any atom is 0.206 e. The van der Waals surface area contributed by atoms with Gasteiger partial charge in [0.1, 0.15) is 11.5 Å². The maximum atomic E-state index is 6.05. The van der Waals surface area contributed by atoms with Crippen LogP contribution in [0.2, 0.25) is 5.02 Å². The van der Waals surface area contributed by atoms with E-state index in [4.69, 9.17) is 26.8 Å². The zero-order valence-electron chi connectivity index (χ0n) is 11.6. The monoisotopic (exact) mass is 303 g/mol. The molecule has 21 heavy (non-hydrogen) atoms. The van der Waals surface area contributed by atoms with Crippen molar-refractivity contribution >= 4 is 28.6 Å². The Bertz CT molecular complexity index is 814. The van der Waals surface area contributed by atoms with Crippen LogP contribution in [-0.4, -0.2) is 23.8 Å². The average molecular weight is 304 g/mol. The summed E-state index contributed by atoms with van der Waals surface area (Å²) in [5, 5.41) is 0.619. The number of nitrogens with two attached hydrogens (primary N) is 1. The van der Waals surface area contributed by atoms with Gasteiger partial charge in [-0.25, -0.2) is 4.98 Å². The lowest BCUT2D eigenvalue weighted by Gasteiger charge is -2.13. The number of benzene rings is 2. The van der Waals surface area contributed by atoms with Gasteiger partial charge >= 0.3 is 0 Å². The van der Waals surface area contributed by atoms with Gasteiger partial charge in [0.15, 0.2) is 0 Å². The molecular formula is C15H14ClN3O2. The fourth-order valence-electron chi connectivity index (χ4n) is 2.29. The number of nitrogens with zero attached hydrogens (tertiary/aromatic N) is 2. The van der Waals surface area contributed by atoms with Crippen LogP contribution in [0.5, 0.6) is 11.5 Å². The first-order valence-electron chi connectivity index (χ1n) is 6.30. The molecule has 0 bridgehead atoms. The summed E-state index contributed by atoms with van der Waals surface area (Å²) in [6, 6.07) is 11.0. The summed E-state index contributed by atoms with van der Waals surface area (Å²) in [6.45, 7) is 0. The van der Waals surface area contributed by atoms with Crippen molar-refractivity contribution in [1.29, 1.82) is 0 Å². The zero-order chi connectivity index (χ0) is 15.0. The van der Waals surface area contributed by atoms with E-state index in [-0.39, 0.29) is 0 Å². The van der Waals surface area contributed by atoms with Gasteiger partial charge in [-0.05, 0) is 30.3 Å². The van der Waals surface area contributed by atoms with Crippen molar-refractivity contribution < 1.29 is 9.47 Å². The number of methoxy groups -OCH3 is 2. The Morgan fingerprint density at radius 2 is 1.90 bits per heavy atom. The molecule has 1 heterocycles. The van der Waals surface area contributed by atoms with Gasteiger partial charge in [0, 0.05) is 11.1 Å². The second-order valence-corrected chi connectivity index (χ2v) is 4.91. The Hall–Kier alpha value is -2.40. The van der Waals surface area contributed by atoms with Crippen molar-refractivity contribution in [2.24, 2.45) is 0 Å². The summed E-state index contributed by atoms with van der Waals surface area (Å²) in [6.07, 6.45) is 0. The second kappa shape index (κ2) is 5.18. The summed E-state index contributed by atoms with van der Waals surface area (Å²) in [4.78, 5) is 4.34. The Labute approximate surface area is 126 Å². The van der Waals surface area contributed by atoms with Crippen LogP contribution >= 0.6 is 11.6 Å². The molecule has 0 aliphatic rings. The van der Waals surface area contributed by atoms with E-state index in [1.165, 1.54) is 0 Å². The highest BCUT2D eigenvalue weighted by molar-refractivity contribution is 6.31. The quantitative estimate of drug-likeness (QED) is 0.806. The predicted molar refractivity (Wildman–Crippen MR) is 83.6 cm³/mol. The van der Waals surface area contributed by atoms with Gasteiger partial charge in [-0.3, -0.25) is 4.57 Å². The summed E-state index contributed by atoms with van der Waals surface area (Å²) in [5.74, 6) is 1.73. The van der Waals surface area contributed by atoms with E-state index in [0.29, 0.717) is 22.5 Å². The lowest BCUT2D eigenvalue weighted by Crippen LogP contribution is -2.03. The third-order valence-corrected chi connectivity index (χ3v) is 3.51. The van der Waals surface area contributed by atoms with E-state index in [9.17, 15) is 0 Å². The molecule has 0 aliphatic carbocycles. The zero-order valence-corrected chi connectivity index (χ0v) is 12.4. The Morgan fingerprint density at radius 3 is 2.62 bits per heavy atom. The van der Waals surface area contributed by atoms with Crippen molar-refractivity contribution in [3.8, 4) is 17.2 Å². The molecule has 0 radical (unpaired) electrons. The summed E-state index contributed by atoms with van der Waals surface area (Å²) < 4.78 is 12.5. The van der Waals surface area contributed by atoms with Crippen LogP contribution in [0.4, 0.5) is 5.95 Å².